The molecule has 0 aromatic carbocycles. The van der Waals surface area contributed by atoms with Gasteiger partial charge >= 0.3 is 6.03 Å². The molecule has 1 spiro atoms. The van der Waals surface area contributed by atoms with Gasteiger partial charge in [0.15, 0.2) is 11.5 Å². The van der Waals surface area contributed by atoms with E-state index in [2.05, 4.69) is 15.4 Å². The highest BCUT2D eigenvalue weighted by Gasteiger charge is 2.59. The molecule has 7 nitrogen and oxygen atoms in total. The maximum absolute atomic E-state index is 12.9. The van der Waals surface area contributed by atoms with E-state index in [9.17, 15) is 4.79 Å². The predicted octanol–water partition coefficient (Wildman–Crippen LogP) is 2.54. The van der Waals surface area contributed by atoms with Crippen LogP contribution in [-0.4, -0.2) is 51.3 Å². The highest BCUT2D eigenvalue weighted by atomic mass is 16.5. The Morgan fingerprint density at radius 1 is 1.32 bits per heavy atom. The van der Waals surface area contributed by atoms with Crippen molar-refractivity contribution in [3.63, 3.8) is 0 Å². The molecule has 7 heteroatoms. The molecule has 1 unspecified atom stereocenters. The van der Waals surface area contributed by atoms with E-state index in [0.717, 1.165) is 38.2 Å². The van der Waals surface area contributed by atoms with Gasteiger partial charge in [-0.1, -0.05) is 6.42 Å². The normalized spacial score (nSPS) is 25.6. The van der Waals surface area contributed by atoms with Crippen molar-refractivity contribution in [1.29, 1.82) is 0 Å². The van der Waals surface area contributed by atoms with Crippen LogP contribution in [0.3, 0.4) is 0 Å². The maximum atomic E-state index is 12.9. The van der Waals surface area contributed by atoms with Crippen LogP contribution in [0.15, 0.2) is 24.5 Å². The SMILES string of the molecule is O=C(Nc1cnc2cccnn12)N1CC2(CCC2)C1C1CCOCC1. The molecule has 2 aromatic rings. The largest absolute Gasteiger partial charge is 0.381 e. The molecule has 0 radical (unpaired) electrons. The molecule has 2 aromatic heterocycles. The number of urea groups is 1. The summed E-state index contributed by atoms with van der Waals surface area (Å²) in [5.41, 5.74) is 1.11. The molecular formula is C18H23N5O2. The molecule has 5 rings (SSSR count). The number of hydrogen-bond acceptors (Lipinski definition) is 4. The summed E-state index contributed by atoms with van der Waals surface area (Å²) in [7, 11) is 0. The standard InChI is InChI=1S/C18H23N5O2/c24-17(21-15-11-19-14-3-1-8-20-23(14)15)22-12-18(6-2-7-18)16(22)13-4-9-25-10-5-13/h1,3,8,11,13,16H,2,4-7,9-10,12H2,(H,21,24). The van der Waals surface area contributed by atoms with Gasteiger partial charge in [0, 0.05) is 37.4 Å². The van der Waals surface area contributed by atoms with Crippen LogP contribution in [0, 0.1) is 11.3 Å². The third kappa shape index (κ3) is 2.33. The van der Waals surface area contributed by atoms with Gasteiger partial charge < -0.3 is 9.64 Å². The van der Waals surface area contributed by atoms with E-state index in [-0.39, 0.29) is 6.03 Å². The second kappa shape index (κ2) is 5.69. The molecule has 0 bridgehead atoms. The van der Waals surface area contributed by atoms with Gasteiger partial charge in [-0.05, 0) is 43.7 Å². The molecule has 3 fully saturated rings. The van der Waals surface area contributed by atoms with Gasteiger partial charge in [-0.25, -0.2) is 9.78 Å². The molecule has 2 aliphatic heterocycles. The molecule has 3 aliphatic rings. The Labute approximate surface area is 146 Å². The Balaban J connectivity index is 1.35. The minimum Gasteiger partial charge on any atom is -0.381 e. The summed E-state index contributed by atoms with van der Waals surface area (Å²) in [5, 5.41) is 7.28. The average Bonchev–Trinajstić information content (AvgIpc) is 2.97. The first-order valence-electron chi connectivity index (χ1n) is 9.21. The average molecular weight is 341 g/mol. The maximum Gasteiger partial charge on any atom is 0.323 e. The molecule has 4 heterocycles. The fourth-order valence-electron chi connectivity index (χ4n) is 4.91. The van der Waals surface area contributed by atoms with E-state index >= 15 is 0 Å². The Morgan fingerprint density at radius 3 is 2.92 bits per heavy atom. The number of nitrogens with zero attached hydrogens (tertiary/aromatic N) is 4. The van der Waals surface area contributed by atoms with Crippen molar-refractivity contribution in [2.24, 2.45) is 11.3 Å². The zero-order chi connectivity index (χ0) is 16.9. The van der Waals surface area contributed by atoms with Gasteiger partial charge in [0.05, 0.1) is 6.20 Å². The van der Waals surface area contributed by atoms with Crippen LogP contribution < -0.4 is 5.32 Å². The third-order valence-corrected chi connectivity index (χ3v) is 6.28. The van der Waals surface area contributed by atoms with E-state index in [1.165, 1.54) is 19.3 Å². The number of hydrogen-bond donors (Lipinski definition) is 1. The number of amides is 2. The lowest BCUT2D eigenvalue weighted by Crippen LogP contribution is -2.72. The van der Waals surface area contributed by atoms with E-state index in [1.807, 2.05) is 17.0 Å². The molecule has 1 N–H and O–H groups in total. The minimum absolute atomic E-state index is 0.0264. The van der Waals surface area contributed by atoms with Crippen LogP contribution in [0.25, 0.3) is 5.65 Å². The molecule has 2 saturated heterocycles. The van der Waals surface area contributed by atoms with Gasteiger partial charge in [-0.15, -0.1) is 0 Å². The van der Waals surface area contributed by atoms with Gasteiger partial charge in [-0.3, -0.25) is 5.32 Å². The number of fused-ring (bicyclic) bond motifs is 1. The highest BCUT2D eigenvalue weighted by molar-refractivity contribution is 5.89. The smallest absolute Gasteiger partial charge is 0.323 e. The van der Waals surface area contributed by atoms with Crippen molar-refractivity contribution < 1.29 is 9.53 Å². The third-order valence-electron chi connectivity index (χ3n) is 6.28. The Hall–Kier alpha value is -2.15. The number of rotatable bonds is 2. The second-order valence-electron chi connectivity index (χ2n) is 7.61. The number of imidazole rings is 1. The van der Waals surface area contributed by atoms with Crippen molar-refractivity contribution in [1.82, 2.24) is 19.5 Å². The number of aromatic nitrogens is 3. The fraction of sp³-hybridized carbons (Fsp3) is 0.611. The Bertz CT molecular complexity index is 794. The van der Waals surface area contributed by atoms with Crippen LogP contribution in [-0.2, 0) is 4.74 Å². The summed E-state index contributed by atoms with van der Waals surface area (Å²) in [6.45, 7) is 2.53. The Morgan fingerprint density at radius 2 is 2.16 bits per heavy atom. The zero-order valence-electron chi connectivity index (χ0n) is 14.2. The monoisotopic (exact) mass is 341 g/mol. The molecule has 1 saturated carbocycles. The van der Waals surface area contributed by atoms with E-state index in [1.54, 1.807) is 16.9 Å². The van der Waals surface area contributed by atoms with Gasteiger partial charge in [0.2, 0.25) is 0 Å². The summed E-state index contributed by atoms with van der Waals surface area (Å²) in [6.07, 6.45) is 9.31. The lowest BCUT2D eigenvalue weighted by atomic mass is 9.54. The van der Waals surface area contributed by atoms with Crippen LogP contribution in [0.4, 0.5) is 10.6 Å². The summed E-state index contributed by atoms with van der Waals surface area (Å²) in [6, 6.07) is 4.05. The Kier molecular flexibility index (Phi) is 3.45. The molecular weight excluding hydrogens is 318 g/mol. The lowest BCUT2D eigenvalue weighted by molar-refractivity contribution is -0.135. The van der Waals surface area contributed by atoms with Crippen LogP contribution in [0.5, 0.6) is 0 Å². The number of nitrogens with one attached hydrogen (secondary N) is 1. The van der Waals surface area contributed by atoms with E-state index in [0.29, 0.717) is 23.2 Å². The van der Waals surface area contributed by atoms with Crippen molar-refractivity contribution in [3.8, 4) is 0 Å². The second-order valence-corrected chi connectivity index (χ2v) is 7.61. The first kappa shape index (κ1) is 15.1. The summed E-state index contributed by atoms with van der Waals surface area (Å²) in [5.74, 6) is 1.19. The van der Waals surface area contributed by atoms with Crippen molar-refractivity contribution in [2.45, 2.75) is 38.1 Å². The van der Waals surface area contributed by atoms with Gasteiger partial charge in [0.1, 0.15) is 0 Å². The number of carbonyl (C=O) groups excluding carboxylic acids is 1. The molecule has 1 aliphatic carbocycles. The van der Waals surface area contributed by atoms with Crippen LogP contribution in [0.2, 0.25) is 0 Å². The fourth-order valence-corrected chi connectivity index (χ4v) is 4.91. The minimum atomic E-state index is -0.0264. The summed E-state index contributed by atoms with van der Waals surface area (Å²) in [4.78, 5) is 19.3. The van der Waals surface area contributed by atoms with Crippen molar-refractivity contribution in [3.05, 3.63) is 24.5 Å². The number of carbonyl (C=O) groups is 1. The van der Waals surface area contributed by atoms with Crippen LogP contribution in [0.1, 0.15) is 32.1 Å². The topological polar surface area (TPSA) is 71.8 Å². The zero-order valence-corrected chi connectivity index (χ0v) is 14.2. The summed E-state index contributed by atoms with van der Waals surface area (Å²) < 4.78 is 7.20. The number of likely N-dealkylation sites (tertiary alicyclic amines) is 1. The quantitative estimate of drug-likeness (QED) is 0.911. The van der Waals surface area contributed by atoms with E-state index in [4.69, 9.17) is 4.74 Å². The van der Waals surface area contributed by atoms with Crippen molar-refractivity contribution >= 4 is 17.5 Å². The predicted molar refractivity (Wildman–Crippen MR) is 92.3 cm³/mol. The lowest BCUT2D eigenvalue weighted by Gasteiger charge is -2.64. The number of anilines is 1. The molecule has 132 valence electrons. The first-order valence-corrected chi connectivity index (χ1v) is 9.21. The van der Waals surface area contributed by atoms with Crippen LogP contribution >= 0.6 is 0 Å². The van der Waals surface area contributed by atoms with Gasteiger partial charge in [0.25, 0.3) is 0 Å². The number of ether oxygens (including phenoxy) is 1. The molecule has 2 amide bonds. The van der Waals surface area contributed by atoms with Crippen molar-refractivity contribution in [2.75, 3.05) is 25.1 Å². The molecule has 1 atom stereocenters. The van der Waals surface area contributed by atoms with Gasteiger partial charge in [-0.2, -0.15) is 9.61 Å². The van der Waals surface area contributed by atoms with E-state index < -0.39 is 0 Å². The first-order chi connectivity index (χ1) is 12.3. The highest BCUT2D eigenvalue weighted by Crippen LogP contribution is 2.56. The molecule has 25 heavy (non-hydrogen) atoms. The summed E-state index contributed by atoms with van der Waals surface area (Å²) >= 11 is 0.